The normalized spacial score (nSPS) is 11.8. The molecule has 0 aliphatic carbocycles. The van der Waals surface area contributed by atoms with Gasteiger partial charge in [0.2, 0.25) is 11.7 Å². The summed E-state index contributed by atoms with van der Waals surface area (Å²) in [6.45, 7) is 2.05. The fraction of sp³-hybridized carbons (Fsp3) is 0.267. The van der Waals surface area contributed by atoms with E-state index in [0.717, 1.165) is 11.1 Å². The van der Waals surface area contributed by atoms with Crippen LogP contribution in [0.3, 0.4) is 0 Å². The van der Waals surface area contributed by atoms with Crippen molar-refractivity contribution >= 4 is 10.0 Å². The maximum absolute atomic E-state index is 12.2. The molecule has 0 spiro atoms. The van der Waals surface area contributed by atoms with Crippen LogP contribution < -0.4 is 10.5 Å². The quantitative estimate of drug-likeness (QED) is 0.661. The van der Waals surface area contributed by atoms with E-state index >= 15 is 0 Å². The van der Waals surface area contributed by atoms with Gasteiger partial charge in [0.1, 0.15) is 5.82 Å². The van der Waals surface area contributed by atoms with Crippen molar-refractivity contribution in [2.24, 2.45) is 12.8 Å². The summed E-state index contributed by atoms with van der Waals surface area (Å²) in [7, 11) is -2.02. The van der Waals surface area contributed by atoms with Crippen LogP contribution in [0.5, 0.6) is 0 Å². The van der Waals surface area contributed by atoms with Crippen LogP contribution in [0.4, 0.5) is 0 Å². The van der Waals surface area contributed by atoms with E-state index in [0.29, 0.717) is 18.2 Å². The molecule has 0 amide bonds. The smallest absolute Gasteiger partial charge is 0.260 e. The summed E-state index contributed by atoms with van der Waals surface area (Å²) in [4.78, 5) is 8.19. The Bertz CT molecular complexity index is 956. The summed E-state index contributed by atoms with van der Waals surface area (Å²) in [5.41, 5.74) is 7.31. The highest BCUT2D eigenvalue weighted by atomic mass is 32.2. The van der Waals surface area contributed by atoms with E-state index in [9.17, 15) is 8.42 Å². The first kappa shape index (κ1) is 17.3. The second kappa shape index (κ2) is 6.75. The molecule has 3 N–H and O–H groups in total. The van der Waals surface area contributed by atoms with E-state index < -0.39 is 10.0 Å². The van der Waals surface area contributed by atoms with Crippen molar-refractivity contribution in [2.75, 3.05) is 0 Å². The Kier molecular flexibility index (Phi) is 4.66. The third kappa shape index (κ3) is 3.76. The summed E-state index contributed by atoms with van der Waals surface area (Å²) < 4.78 is 33.6. The van der Waals surface area contributed by atoms with E-state index in [4.69, 9.17) is 10.3 Å². The number of imidazole rings is 1. The highest BCUT2D eigenvalue weighted by Gasteiger charge is 2.19. The first-order valence-electron chi connectivity index (χ1n) is 7.50. The Labute approximate surface area is 144 Å². The zero-order valence-electron chi connectivity index (χ0n) is 13.8. The molecule has 0 fully saturated rings. The Morgan fingerprint density at radius 3 is 2.56 bits per heavy atom. The van der Waals surface area contributed by atoms with Crippen molar-refractivity contribution < 1.29 is 12.9 Å². The minimum atomic E-state index is -3.75. The van der Waals surface area contributed by atoms with Crippen LogP contribution in [-0.2, 0) is 30.2 Å². The molecule has 10 heteroatoms. The van der Waals surface area contributed by atoms with E-state index in [1.165, 1.54) is 6.20 Å². The minimum Gasteiger partial charge on any atom is -0.338 e. The topological polar surface area (TPSA) is 129 Å². The van der Waals surface area contributed by atoms with Gasteiger partial charge in [0.25, 0.3) is 10.0 Å². The number of nitrogens with one attached hydrogen (secondary N) is 1. The standard InChI is InChI=1S/C15H18N6O3S/c1-10-18-14(9-21(10)2)25(22,23)17-8-13-19-15(20-24-13)12-5-3-11(7-16)4-6-12/h3-6,9,17H,7-8,16H2,1-2H3. The maximum atomic E-state index is 12.2. The number of hydrogen-bond acceptors (Lipinski definition) is 7. The van der Waals surface area contributed by atoms with E-state index in [1.807, 2.05) is 24.3 Å². The SMILES string of the molecule is Cc1nc(S(=O)(=O)NCc2nc(-c3ccc(CN)cc3)no2)cn1C. The van der Waals surface area contributed by atoms with Crippen molar-refractivity contribution in [1.82, 2.24) is 24.4 Å². The van der Waals surface area contributed by atoms with Gasteiger partial charge in [0.15, 0.2) is 5.03 Å². The number of hydrogen-bond donors (Lipinski definition) is 2. The molecule has 0 aliphatic rings. The Morgan fingerprint density at radius 2 is 1.96 bits per heavy atom. The Morgan fingerprint density at radius 1 is 1.24 bits per heavy atom. The molecule has 0 bridgehead atoms. The second-order valence-corrected chi connectivity index (χ2v) is 7.19. The average Bonchev–Trinajstić information content (AvgIpc) is 3.21. The fourth-order valence-corrected chi connectivity index (χ4v) is 3.13. The highest BCUT2D eigenvalue weighted by Crippen LogP contribution is 2.17. The van der Waals surface area contributed by atoms with Gasteiger partial charge in [-0.25, -0.2) is 18.1 Å². The molecule has 132 valence electrons. The first-order chi connectivity index (χ1) is 11.9. The molecule has 0 aliphatic heterocycles. The summed E-state index contributed by atoms with van der Waals surface area (Å²) in [6.07, 6.45) is 1.44. The number of nitrogens with zero attached hydrogens (tertiary/aromatic N) is 4. The maximum Gasteiger partial charge on any atom is 0.260 e. The van der Waals surface area contributed by atoms with Gasteiger partial charge in [-0.1, -0.05) is 29.4 Å². The molecular formula is C15H18N6O3S. The second-order valence-electron chi connectivity index (χ2n) is 5.47. The molecule has 3 aromatic rings. The zero-order chi connectivity index (χ0) is 18.0. The van der Waals surface area contributed by atoms with Crippen LogP contribution in [-0.4, -0.2) is 28.1 Å². The molecule has 0 saturated heterocycles. The van der Waals surface area contributed by atoms with Crippen molar-refractivity contribution in [2.45, 2.75) is 25.0 Å². The van der Waals surface area contributed by atoms with Crippen LogP contribution in [0, 0.1) is 6.92 Å². The number of nitrogens with two attached hydrogens (primary N) is 1. The minimum absolute atomic E-state index is 0.0513. The number of sulfonamides is 1. The van der Waals surface area contributed by atoms with Gasteiger partial charge in [0.05, 0.1) is 6.54 Å². The van der Waals surface area contributed by atoms with Crippen molar-refractivity contribution in [1.29, 1.82) is 0 Å². The van der Waals surface area contributed by atoms with Gasteiger partial charge in [-0.05, 0) is 12.5 Å². The van der Waals surface area contributed by atoms with E-state index in [-0.39, 0.29) is 17.5 Å². The van der Waals surface area contributed by atoms with Crippen LogP contribution in [0.1, 0.15) is 17.3 Å². The Balaban J connectivity index is 1.70. The molecule has 0 saturated carbocycles. The predicted molar refractivity (Wildman–Crippen MR) is 89.6 cm³/mol. The van der Waals surface area contributed by atoms with Crippen LogP contribution in [0.15, 0.2) is 40.0 Å². The van der Waals surface area contributed by atoms with E-state index in [1.54, 1.807) is 18.5 Å². The molecule has 2 heterocycles. The van der Waals surface area contributed by atoms with Gasteiger partial charge >= 0.3 is 0 Å². The van der Waals surface area contributed by atoms with Crippen LogP contribution in [0.25, 0.3) is 11.4 Å². The van der Waals surface area contributed by atoms with Gasteiger partial charge in [-0.2, -0.15) is 4.98 Å². The summed E-state index contributed by atoms with van der Waals surface area (Å²) in [5.74, 6) is 1.14. The first-order valence-corrected chi connectivity index (χ1v) is 8.99. The number of benzene rings is 1. The highest BCUT2D eigenvalue weighted by molar-refractivity contribution is 7.89. The lowest BCUT2D eigenvalue weighted by molar-refractivity contribution is 0.376. The lowest BCUT2D eigenvalue weighted by Gasteiger charge is -2.00. The zero-order valence-corrected chi connectivity index (χ0v) is 14.6. The van der Waals surface area contributed by atoms with E-state index in [2.05, 4.69) is 19.8 Å². The summed E-state index contributed by atoms with van der Waals surface area (Å²) in [6, 6.07) is 7.41. The monoisotopic (exact) mass is 362 g/mol. The molecule has 2 aromatic heterocycles. The summed E-state index contributed by atoms with van der Waals surface area (Å²) in [5, 5.41) is 3.81. The van der Waals surface area contributed by atoms with Crippen molar-refractivity contribution in [3.63, 3.8) is 0 Å². The van der Waals surface area contributed by atoms with Gasteiger partial charge < -0.3 is 14.8 Å². The van der Waals surface area contributed by atoms with Crippen LogP contribution >= 0.6 is 0 Å². The molecule has 3 rings (SSSR count). The molecule has 1 aromatic carbocycles. The molecule has 0 atom stereocenters. The van der Waals surface area contributed by atoms with Gasteiger partial charge in [-0.15, -0.1) is 0 Å². The average molecular weight is 362 g/mol. The lowest BCUT2D eigenvalue weighted by atomic mass is 10.1. The van der Waals surface area contributed by atoms with Crippen molar-refractivity contribution in [3.05, 3.63) is 47.7 Å². The number of aromatic nitrogens is 4. The van der Waals surface area contributed by atoms with Gasteiger partial charge in [-0.3, -0.25) is 0 Å². The summed E-state index contributed by atoms with van der Waals surface area (Å²) >= 11 is 0. The number of aryl methyl sites for hydroxylation is 2. The number of rotatable bonds is 6. The predicted octanol–water partition coefficient (Wildman–Crippen LogP) is 0.716. The Hall–Kier alpha value is -2.56. The third-order valence-electron chi connectivity index (χ3n) is 3.69. The largest absolute Gasteiger partial charge is 0.338 e. The molecule has 0 unspecified atom stereocenters. The third-order valence-corrected chi connectivity index (χ3v) is 4.96. The molecule has 0 radical (unpaired) electrons. The van der Waals surface area contributed by atoms with Crippen LogP contribution in [0.2, 0.25) is 0 Å². The fourth-order valence-electron chi connectivity index (χ4n) is 2.12. The van der Waals surface area contributed by atoms with Crippen molar-refractivity contribution in [3.8, 4) is 11.4 Å². The lowest BCUT2D eigenvalue weighted by Crippen LogP contribution is -2.23. The molecular weight excluding hydrogens is 344 g/mol. The molecule has 25 heavy (non-hydrogen) atoms. The molecule has 9 nitrogen and oxygen atoms in total. The van der Waals surface area contributed by atoms with Gasteiger partial charge in [0, 0.05) is 25.4 Å².